The normalized spacial score (nSPS) is 20.0. The molecule has 1 aromatic heterocycles. The van der Waals surface area contributed by atoms with Gasteiger partial charge in [0.1, 0.15) is 5.82 Å². The van der Waals surface area contributed by atoms with Gasteiger partial charge in [-0.2, -0.15) is 0 Å². The second kappa shape index (κ2) is 6.63. The predicted molar refractivity (Wildman–Crippen MR) is 91.6 cm³/mol. The van der Waals surface area contributed by atoms with Gasteiger partial charge >= 0.3 is 6.03 Å². The molecule has 2 amide bonds. The lowest BCUT2D eigenvalue weighted by Gasteiger charge is -2.32. The van der Waals surface area contributed by atoms with Crippen LogP contribution in [-0.2, 0) is 0 Å². The Morgan fingerprint density at radius 1 is 1.36 bits per heavy atom. The molecule has 0 bridgehead atoms. The van der Waals surface area contributed by atoms with Crippen LogP contribution >= 0.6 is 0 Å². The Bertz CT molecular complexity index is 766. The summed E-state index contributed by atoms with van der Waals surface area (Å²) in [5, 5.41) is 8.08. The van der Waals surface area contributed by atoms with Gasteiger partial charge in [-0.15, -0.1) is 0 Å². The number of fused-ring (bicyclic) bond motifs is 1. The number of nitrogens with two attached hydrogens (primary N) is 1. The Morgan fingerprint density at radius 2 is 2.12 bits per heavy atom. The van der Waals surface area contributed by atoms with Crippen LogP contribution in [0.4, 0.5) is 9.18 Å². The van der Waals surface area contributed by atoms with Crippen molar-refractivity contribution in [3.63, 3.8) is 0 Å². The van der Waals surface area contributed by atoms with Gasteiger partial charge in [-0.05, 0) is 43.7 Å². The number of piperidine rings is 1. The van der Waals surface area contributed by atoms with Crippen molar-refractivity contribution in [2.75, 3.05) is 19.6 Å². The van der Waals surface area contributed by atoms with Crippen molar-refractivity contribution in [2.24, 2.45) is 11.7 Å². The highest BCUT2D eigenvalue weighted by Crippen LogP contribution is 2.34. The smallest absolute Gasteiger partial charge is 0.317 e. The number of carbonyl (C=O) groups excluding carboxylic acids is 1. The first-order valence-corrected chi connectivity index (χ1v) is 8.96. The Labute approximate surface area is 145 Å². The minimum Gasteiger partial charge on any atom is -0.356 e. The van der Waals surface area contributed by atoms with E-state index in [9.17, 15) is 9.18 Å². The molecule has 1 saturated heterocycles. The van der Waals surface area contributed by atoms with E-state index in [0.29, 0.717) is 31.1 Å². The maximum Gasteiger partial charge on any atom is 0.317 e. The Balaban J connectivity index is 1.38. The number of urea groups is 1. The van der Waals surface area contributed by atoms with Gasteiger partial charge in [-0.3, -0.25) is 0 Å². The molecule has 6 nitrogen and oxygen atoms in total. The van der Waals surface area contributed by atoms with Crippen molar-refractivity contribution in [1.29, 1.82) is 0 Å². The zero-order chi connectivity index (χ0) is 17.4. The van der Waals surface area contributed by atoms with Crippen LogP contribution in [0.25, 0.3) is 11.0 Å². The van der Waals surface area contributed by atoms with Crippen molar-refractivity contribution in [3.8, 4) is 0 Å². The molecular formula is C18H23FN4O2. The highest BCUT2D eigenvalue weighted by Gasteiger charge is 2.33. The summed E-state index contributed by atoms with van der Waals surface area (Å²) in [6.07, 6.45) is 3.96. The second-order valence-electron chi connectivity index (χ2n) is 7.10. The molecule has 7 heteroatoms. The zero-order valence-corrected chi connectivity index (χ0v) is 14.1. The number of halogens is 1. The standard InChI is InChI=1S/C18H23FN4O2/c19-13-3-4-14-16(9-13)25-22-17(14)12-5-7-23(8-6-12)18(24)21-15(10-20)11-1-2-11/h3-4,9,11-12,15H,1-2,5-8,10,20H2,(H,21,24). The zero-order valence-electron chi connectivity index (χ0n) is 14.1. The second-order valence-corrected chi connectivity index (χ2v) is 7.10. The van der Waals surface area contributed by atoms with Gasteiger partial charge in [0, 0.05) is 43.0 Å². The van der Waals surface area contributed by atoms with Crippen LogP contribution in [0.5, 0.6) is 0 Å². The Morgan fingerprint density at radius 3 is 2.80 bits per heavy atom. The molecule has 25 heavy (non-hydrogen) atoms. The van der Waals surface area contributed by atoms with Gasteiger partial charge < -0.3 is 20.5 Å². The van der Waals surface area contributed by atoms with Gasteiger partial charge in [0.15, 0.2) is 5.58 Å². The number of likely N-dealkylation sites (tertiary alicyclic amines) is 1. The highest BCUT2D eigenvalue weighted by molar-refractivity contribution is 5.80. The van der Waals surface area contributed by atoms with E-state index >= 15 is 0 Å². The lowest BCUT2D eigenvalue weighted by molar-refractivity contribution is 0.175. The average molecular weight is 346 g/mol. The Kier molecular flexibility index (Phi) is 4.33. The molecule has 0 radical (unpaired) electrons. The molecule has 2 aliphatic rings. The average Bonchev–Trinajstić information content (AvgIpc) is 3.39. The molecule has 4 rings (SSSR count). The summed E-state index contributed by atoms with van der Waals surface area (Å²) in [4.78, 5) is 14.3. The van der Waals surface area contributed by atoms with Crippen LogP contribution in [0.2, 0.25) is 0 Å². The van der Waals surface area contributed by atoms with Crippen LogP contribution in [0.3, 0.4) is 0 Å². The maximum atomic E-state index is 13.3. The van der Waals surface area contributed by atoms with Crippen LogP contribution < -0.4 is 11.1 Å². The minimum atomic E-state index is -0.327. The number of nitrogens with one attached hydrogen (secondary N) is 1. The first-order valence-electron chi connectivity index (χ1n) is 8.96. The molecular weight excluding hydrogens is 323 g/mol. The Hall–Kier alpha value is -2.15. The molecule has 1 unspecified atom stereocenters. The van der Waals surface area contributed by atoms with E-state index in [1.807, 2.05) is 4.90 Å². The van der Waals surface area contributed by atoms with Gasteiger partial charge in [0.05, 0.1) is 5.69 Å². The molecule has 1 atom stereocenters. The predicted octanol–water partition coefficient (Wildman–Crippen LogP) is 2.59. The number of hydrogen-bond acceptors (Lipinski definition) is 4. The van der Waals surface area contributed by atoms with Crippen LogP contribution in [0.1, 0.15) is 37.3 Å². The quantitative estimate of drug-likeness (QED) is 0.891. The molecule has 2 heterocycles. The number of carbonyl (C=O) groups is 1. The van der Waals surface area contributed by atoms with E-state index in [-0.39, 0.29) is 23.8 Å². The maximum absolute atomic E-state index is 13.3. The van der Waals surface area contributed by atoms with E-state index in [4.69, 9.17) is 10.3 Å². The number of amides is 2. The van der Waals surface area contributed by atoms with Gasteiger partial charge in [-0.1, -0.05) is 5.16 Å². The third kappa shape index (κ3) is 3.33. The number of aromatic nitrogens is 1. The van der Waals surface area contributed by atoms with E-state index in [2.05, 4.69) is 10.5 Å². The fraction of sp³-hybridized carbons (Fsp3) is 0.556. The molecule has 2 aromatic rings. The fourth-order valence-electron chi connectivity index (χ4n) is 3.70. The molecule has 1 aliphatic carbocycles. The summed E-state index contributed by atoms with van der Waals surface area (Å²) < 4.78 is 18.5. The topological polar surface area (TPSA) is 84.4 Å². The molecule has 1 aromatic carbocycles. The molecule has 1 saturated carbocycles. The van der Waals surface area contributed by atoms with E-state index < -0.39 is 0 Å². The SMILES string of the molecule is NCC(NC(=O)N1CCC(c2noc3cc(F)ccc23)CC1)C1CC1. The summed E-state index contributed by atoms with van der Waals surface area (Å²) in [6, 6.07) is 4.58. The molecule has 3 N–H and O–H groups in total. The van der Waals surface area contributed by atoms with E-state index in [0.717, 1.165) is 36.8 Å². The van der Waals surface area contributed by atoms with Crippen molar-refractivity contribution in [1.82, 2.24) is 15.4 Å². The molecule has 1 aliphatic heterocycles. The van der Waals surface area contributed by atoms with Gasteiger partial charge in [0.2, 0.25) is 0 Å². The van der Waals surface area contributed by atoms with Crippen molar-refractivity contribution >= 4 is 17.0 Å². The van der Waals surface area contributed by atoms with Crippen molar-refractivity contribution in [3.05, 3.63) is 29.7 Å². The third-order valence-electron chi connectivity index (χ3n) is 5.38. The highest BCUT2D eigenvalue weighted by atomic mass is 19.1. The van der Waals surface area contributed by atoms with Crippen LogP contribution in [0.15, 0.2) is 22.7 Å². The molecule has 0 spiro atoms. The lowest BCUT2D eigenvalue weighted by atomic mass is 9.92. The molecule has 2 fully saturated rings. The van der Waals surface area contributed by atoms with Crippen LogP contribution in [-0.4, -0.2) is 41.8 Å². The van der Waals surface area contributed by atoms with Crippen LogP contribution in [0, 0.1) is 11.7 Å². The molecule has 134 valence electrons. The number of nitrogens with zero attached hydrogens (tertiary/aromatic N) is 2. The van der Waals surface area contributed by atoms with E-state index in [1.165, 1.54) is 12.1 Å². The summed E-state index contributed by atoms with van der Waals surface area (Å²) in [6.45, 7) is 1.84. The summed E-state index contributed by atoms with van der Waals surface area (Å²) in [7, 11) is 0. The number of hydrogen-bond donors (Lipinski definition) is 2. The lowest BCUT2D eigenvalue weighted by Crippen LogP contribution is -2.50. The summed E-state index contributed by atoms with van der Waals surface area (Å²) >= 11 is 0. The summed E-state index contributed by atoms with van der Waals surface area (Å²) in [5.74, 6) is 0.449. The van der Waals surface area contributed by atoms with Crippen molar-refractivity contribution in [2.45, 2.75) is 37.6 Å². The number of rotatable bonds is 4. The minimum absolute atomic E-state index is 0.0205. The third-order valence-corrected chi connectivity index (χ3v) is 5.38. The van der Waals surface area contributed by atoms with E-state index in [1.54, 1.807) is 6.07 Å². The first kappa shape index (κ1) is 16.3. The largest absolute Gasteiger partial charge is 0.356 e. The van der Waals surface area contributed by atoms with Gasteiger partial charge in [0.25, 0.3) is 0 Å². The van der Waals surface area contributed by atoms with Gasteiger partial charge in [-0.25, -0.2) is 9.18 Å². The fourth-order valence-corrected chi connectivity index (χ4v) is 3.70. The number of benzene rings is 1. The monoisotopic (exact) mass is 346 g/mol. The first-order chi connectivity index (χ1) is 12.2. The van der Waals surface area contributed by atoms with Crippen molar-refractivity contribution < 1.29 is 13.7 Å². The summed E-state index contributed by atoms with van der Waals surface area (Å²) in [5.41, 5.74) is 7.11.